The Kier molecular flexibility index (Phi) is 15.4. The Morgan fingerprint density at radius 2 is 1.78 bits per heavy atom. The Bertz CT molecular complexity index is 433. The van der Waals surface area contributed by atoms with Gasteiger partial charge in [-0.15, -0.1) is 24.8 Å². The molecule has 0 radical (unpaired) electrons. The first kappa shape index (κ1) is 25.0. The minimum Gasteiger partial charge on any atom is -0.493 e. The van der Waals surface area contributed by atoms with Gasteiger partial charge in [0.05, 0.1) is 18.2 Å². The number of methoxy groups -OCH3 is 1. The maximum atomic E-state index is 5.60. The lowest BCUT2D eigenvalue weighted by molar-refractivity contribution is 0.301. The molecular weight excluding hydrogens is 403 g/mol. The van der Waals surface area contributed by atoms with Crippen molar-refractivity contribution >= 4 is 40.7 Å². The van der Waals surface area contributed by atoms with Gasteiger partial charge in [-0.2, -0.15) is 0 Å². The predicted octanol–water partition coefficient (Wildman–Crippen LogP) is 4.13. The second kappa shape index (κ2) is 14.2. The maximum Gasteiger partial charge on any atom is 0.175 e. The van der Waals surface area contributed by atoms with Gasteiger partial charge in [0, 0.05) is 19.6 Å². The highest BCUT2D eigenvalue weighted by molar-refractivity contribution is 9.10. The molecule has 0 saturated heterocycles. The van der Waals surface area contributed by atoms with Crippen LogP contribution in [0.15, 0.2) is 16.6 Å². The summed E-state index contributed by atoms with van der Waals surface area (Å²) in [6, 6.07) is 4.11. The van der Waals surface area contributed by atoms with Crippen molar-refractivity contribution in [3.05, 3.63) is 22.2 Å². The van der Waals surface area contributed by atoms with Crippen LogP contribution < -0.4 is 14.8 Å². The Balaban J connectivity index is 0. The standard InChI is InChI=1S/C16H27BrN2O2.2ClH/c1-5-19(6-2)9-8-18-12-13-10-14(17)16(21-7-3)15(11-13)20-4;;/h10-11,18H,5-9,12H2,1-4H3;2*1H. The van der Waals surface area contributed by atoms with E-state index < -0.39 is 0 Å². The molecule has 7 heteroatoms. The summed E-state index contributed by atoms with van der Waals surface area (Å²) in [4.78, 5) is 2.40. The normalized spacial score (nSPS) is 10.0. The molecule has 0 aromatic heterocycles. The SMILES string of the molecule is CCOc1c(Br)cc(CNCCN(CC)CC)cc1OC.Cl.Cl. The van der Waals surface area contributed by atoms with Crippen LogP contribution in [0.1, 0.15) is 26.3 Å². The molecule has 0 amide bonds. The van der Waals surface area contributed by atoms with Crippen molar-refractivity contribution in [1.82, 2.24) is 10.2 Å². The lowest BCUT2D eigenvalue weighted by Crippen LogP contribution is -2.31. The molecule has 0 spiro atoms. The molecule has 23 heavy (non-hydrogen) atoms. The molecule has 0 aliphatic carbocycles. The number of hydrogen-bond donors (Lipinski definition) is 1. The molecule has 136 valence electrons. The van der Waals surface area contributed by atoms with Gasteiger partial charge < -0.3 is 19.7 Å². The molecule has 4 nitrogen and oxygen atoms in total. The van der Waals surface area contributed by atoms with E-state index >= 15 is 0 Å². The number of ether oxygens (including phenoxy) is 2. The summed E-state index contributed by atoms with van der Waals surface area (Å²) >= 11 is 3.55. The summed E-state index contributed by atoms with van der Waals surface area (Å²) in [6.45, 7) is 12.0. The van der Waals surface area contributed by atoms with Crippen LogP contribution in [0.25, 0.3) is 0 Å². The number of rotatable bonds is 10. The molecule has 1 rings (SSSR count). The second-order valence-electron chi connectivity index (χ2n) is 4.75. The number of likely N-dealkylation sites (N-methyl/N-ethyl adjacent to an activating group) is 1. The minimum absolute atomic E-state index is 0. The molecule has 0 unspecified atom stereocenters. The van der Waals surface area contributed by atoms with Crippen LogP contribution in [0.5, 0.6) is 11.5 Å². The van der Waals surface area contributed by atoms with Gasteiger partial charge in [-0.05, 0) is 53.6 Å². The predicted molar refractivity (Wildman–Crippen MR) is 106 cm³/mol. The van der Waals surface area contributed by atoms with Crippen LogP contribution in [-0.2, 0) is 6.54 Å². The molecule has 0 aliphatic heterocycles. The van der Waals surface area contributed by atoms with E-state index in [2.05, 4.69) is 46.1 Å². The first-order chi connectivity index (χ1) is 10.2. The number of halogens is 3. The average Bonchev–Trinajstić information content (AvgIpc) is 2.49. The summed E-state index contributed by atoms with van der Waals surface area (Å²) in [5, 5.41) is 3.47. The fourth-order valence-corrected chi connectivity index (χ4v) is 2.77. The Morgan fingerprint density at radius 3 is 2.30 bits per heavy atom. The van der Waals surface area contributed by atoms with Gasteiger partial charge in [-0.25, -0.2) is 0 Å². The van der Waals surface area contributed by atoms with Crippen molar-refractivity contribution in [1.29, 1.82) is 0 Å². The van der Waals surface area contributed by atoms with E-state index in [9.17, 15) is 0 Å². The largest absolute Gasteiger partial charge is 0.493 e. The summed E-state index contributed by atoms with van der Waals surface area (Å²) in [5.41, 5.74) is 1.18. The highest BCUT2D eigenvalue weighted by Gasteiger charge is 2.11. The third-order valence-corrected chi connectivity index (χ3v) is 4.00. The van der Waals surface area contributed by atoms with Gasteiger partial charge in [0.15, 0.2) is 11.5 Å². The van der Waals surface area contributed by atoms with Crippen LogP contribution >= 0.6 is 40.7 Å². The van der Waals surface area contributed by atoms with Crippen LogP contribution in [-0.4, -0.2) is 44.8 Å². The third kappa shape index (κ3) is 8.45. The molecule has 1 aromatic carbocycles. The number of hydrogen-bond acceptors (Lipinski definition) is 4. The van der Waals surface area contributed by atoms with E-state index in [0.717, 1.165) is 48.7 Å². The van der Waals surface area contributed by atoms with Gasteiger partial charge >= 0.3 is 0 Å². The van der Waals surface area contributed by atoms with E-state index in [0.29, 0.717) is 6.61 Å². The second-order valence-corrected chi connectivity index (χ2v) is 5.60. The summed E-state index contributed by atoms with van der Waals surface area (Å²) in [6.07, 6.45) is 0. The Morgan fingerprint density at radius 1 is 1.13 bits per heavy atom. The minimum atomic E-state index is 0. The monoisotopic (exact) mass is 430 g/mol. The summed E-state index contributed by atoms with van der Waals surface area (Å²) in [5.74, 6) is 1.54. The van der Waals surface area contributed by atoms with E-state index in [1.165, 1.54) is 5.56 Å². The zero-order valence-corrected chi connectivity index (χ0v) is 17.6. The maximum absolute atomic E-state index is 5.60. The Labute approximate surface area is 161 Å². The third-order valence-electron chi connectivity index (χ3n) is 3.41. The van der Waals surface area contributed by atoms with E-state index in [-0.39, 0.29) is 24.8 Å². The van der Waals surface area contributed by atoms with Gasteiger partial charge in [0.1, 0.15) is 0 Å². The highest BCUT2D eigenvalue weighted by atomic mass is 79.9. The van der Waals surface area contributed by atoms with E-state index in [4.69, 9.17) is 9.47 Å². The van der Waals surface area contributed by atoms with Crippen molar-refractivity contribution in [2.45, 2.75) is 27.3 Å². The van der Waals surface area contributed by atoms with Crippen molar-refractivity contribution in [3.63, 3.8) is 0 Å². The fraction of sp³-hybridized carbons (Fsp3) is 0.625. The van der Waals surface area contributed by atoms with Gasteiger partial charge in [0.25, 0.3) is 0 Å². The van der Waals surface area contributed by atoms with Crippen molar-refractivity contribution in [3.8, 4) is 11.5 Å². The first-order valence-electron chi connectivity index (χ1n) is 7.58. The molecule has 0 fully saturated rings. The van der Waals surface area contributed by atoms with Crippen molar-refractivity contribution in [2.24, 2.45) is 0 Å². The van der Waals surface area contributed by atoms with Crippen molar-refractivity contribution < 1.29 is 9.47 Å². The van der Waals surface area contributed by atoms with Gasteiger partial charge in [-0.3, -0.25) is 0 Å². The van der Waals surface area contributed by atoms with Crippen LogP contribution in [0.3, 0.4) is 0 Å². The fourth-order valence-electron chi connectivity index (χ4n) is 2.17. The topological polar surface area (TPSA) is 33.7 Å². The zero-order chi connectivity index (χ0) is 15.7. The zero-order valence-electron chi connectivity index (χ0n) is 14.4. The highest BCUT2D eigenvalue weighted by Crippen LogP contribution is 2.36. The molecular formula is C16H29BrCl2N2O2. The van der Waals surface area contributed by atoms with E-state index in [1.807, 2.05) is 13.0 Å². The van der Waals surface area contributed by atoms with Crippen molar-refractivity contribution in [2.75, 3.05) is 39.9 Å². The number of benzene rings is 1. The number of nitrogens with one attached hydrogen (secondary N) is 1. The summed E-state index contributed by atoms with van der Waals surface area (Å²) < 4.78 is 11.9. The van der Waals surface area contributed by atoms with Crippen LogP contribution in [0, 0.1) is 0 Å². The first-order valence-corrected chi connectivity index (χ1v) is 8.37. The van der Waals surface area contributed by atoms with Gasteiger partial charge in [-0.1, -0.05) is 13.8 Å². The van der Waals surface area contributed by atoms with Crippen LogP contribution in [0.4, 0.5) is 0 Å². The van der Waals surface area contributed by atoms with Gasteiger partial charge in [0.2, 0.25) is 0 Å². The molecule has 0 bridgehead atoms. The quantitative estimate of drug-likeness (QED) is 0.564. The Hall–Kier alpha value is -0.200. The van der Waals surface area contributed by atoms with E-state index in [1.54, 1.807) is 7.11 Å². The molecule has 0 aliphatic rings. The molecule has 1 aromatic rings. The average molecular weight is 432 g/mol. The lowest BCUT2D eigenvalue weighted by Gasteiger charge is -2.18. The summed E-state index contributed by atoms with van der Waals surface area (Å²) in [7, 11) is 1.67. The lowest BCUT2D eigenvalue weighted by atomic mass is 10.2. The number of nitrogens with zero attached hydrogens (tertiary/aromatic N) is 1. The molecule has 0 heterocycles. The molecule has 1 N–H and O–H groups in total. The molecule has 0 atom stereocenters. The van der Waals surface area contributed by atoms with Crippen LogP contribution in [0.2, 0.25) is 0 Å². The smallest absolute Gasteiger partial charge is 0.175 e. The molecule has 0 saturated carbocycles.